The number of rotatable bonds is 4. The van der Waals surface area contributed by atoms with Gasteiger partial charge in [0.2, 0.25) is 0 Å². The van der Waals surface area contributed by atoms with Crippen molar-refractivity contribution in [3.63, 3.8) is 0 Å². The van der Waals surface area contributed by atoms with Gasteiger partial charge in [0.25, 0.3) is 0 Å². The summed E-state index contributed by atoms with van der Waals surface area (Å²) in [5.74, 6) is 0.0944. The number of hydrogen-bond donors (Lipinski definition) is 1. The minimum absolute atomic E-state index is 0.193. The van der Waals surface area contributed by atoms with Crippen molar-refractivity contribution >= 4 is 28.4 Å². The van der Waals surface area contributed by atoms with Crippen LogP contribution in [0.2, 0.25) is 0 Å². The quantitative estimate of drug-likeness (QED) is 0.792. The average molecular weight is 403 g/mol. The summed E-state index contributed by atoms with van der Waals surface area (Å²) in [4.78, 5) is 8.67. The summed E-state index contributed by atoms with van der Waals surface area (Å²) < 4.78 is 27.5. The number of benzene rings is 1. The molecular formula is C15H16F2IN3. The molecule has 0 saturated heterocycles. The van der Waals surface area contributed by atoms with E-state index in [9.17, 15) is 8.78 Å². The van der Waals surface area contributed by atoms with E-state index in [1.54, 1.807) is 0 Å². The predicted molar refractivity (Wildman–Crippen MR) is 86.9 cm³/mol. The van der Waals surface area contributed by atoms with Crippen molar-refractivity contribution in [2.24, 2.45) is 5.92 Å². The summed E-state index contributed by atoms with van der Waals surface area (Å²) in [6, 6.07) is 3.49. The van der Waals surface area contributed by atoms with E-state index in [2.05, 4.69) is 46.4 Å². The first-order valence-corrected chi connectivity index (χ1v) is 7.69. The summed E-state index contributed by atoms with van der Waals surface area (Å²) in [6.45, 7) is 4.18. The van der Waals surface area contributed by atoms with Gasteiger partial charge in [0.05, 0.1) is 9.26 Å². The third-order valence-corrected chi connectivity index (χ3v) is 4.13. The maximum absolute atomic E-state index is 13.7. The minimum Gasteiger partial charge on any atom is -0.383 e. The zero-order valence-electron chi connectivity index (χ0n) is 11.8. The first-order valence-electron chi connectivity index (χ1n) is 6.61. The number of aromatic nitrogens is 2. The average Bonchev–Trinajstić information content (AvgIpc) is 2.38. The van der Waals surface area contributed by atoms with Crippen molar-refractivity contribution in [3.05, 3.63) is 50.5 Å². The third kappa shape index (κ3) is 4.09. The van der Waals surface area contributed by atoms with Crippen LogP contribution in [0.15, 0.2) is 18.2 Å². The molecule has 0 saturated carbocycles. The van der Waals surface area contributed by atoms with Crippen LogP contribution in [0.25, 0.3) is 0 Å². The van der Waals surface area contributed by atoms with Gasteiger partial charge in [-0.1, -0.05) is 19.9 Å². The molecule has 0 unspecified atom stereocenters. The van der Waals surface area contributed by atoms with Crippen LogP contribution in [-0.4, -0.2) is 9.97 Å². The van der Waals surface area contributed by atoms with Crippen LogP contribution >= 0.6 is 22.6 Å². The number of nitrogens with zero attached hydrogens (tertiary/aromatic N) is 2. The van der Waals surface area contributed by atoms with E-state index < -0.39 is 11.6 Å². The Balaban J connectivity index is 2.33. The van der Waals surface area contributed by atoms with Gasteiger partial charge in [-0.05, 0) is 46.6 Å². The maximum atomic E-state index is 13.7. The smallest absolute Gasteiger partial charge is 0.140 e. The van der Waals surface area contributed by atoms with Crippen molar-refractivity contribution in [1.82, 2.24) is 9.97 Å². The summed E-state index contributed by atoms with van der Waals surface area (Å²) in [6.07, 6.45) is 0.974. The van der Waals surface area contributed by atoms with Gasteiger partial charge in [0.15, 0.2) is 0 Å². The standard InChI is InChI=1S/C15H16F2IN3/c1-8(2)5-12-14(18)15(19)21-13(20-12)6-9-3-4-10(16)7-11(9)17/h3-4,7-8H,5-6H2,1-2H3,(H2,19,20,21). The van der Waals surface area contributed by atoms with E-state index in [1.807, 2.05) is 0 Å². The molecule has 0 fully saturated rings. The van der Waals surface area contributed by atoms with Crippen molar-refractivity contribution in [2.45, 2.75) is 26.7 Å². The van der Waals surface area contributed by atoms with Gasteiger partial charge in [0, 0.05) is 12.5 Å². The van der Waals surface area contributed by atoms with Crippen molar-refractivity contribution in [1.29, 1.82) is 0 Å². The second kappa shape index (κ2) is 6.64. The van der Waals surface area contributed by atoms with E-state index >= 15 is 0 Å². The lowest BCUT2D eigenvalue weighted by Crippen LogP contribution is -2.10. The Morgan fingerprint density at radius 3 is 2.57 bits per heavy atom. The Morgan fingerprint density at radius 1 is 1.24 bits per heavy atom. The third-order valence-electron chi connectivity index (χ3n) is 2.96. The summed E-state index contributed by atoms with van der Waals surface area (Å²) in [7, 11) is 0. The summed E-state index contributed by atoms with van der Waals surface area (Å²) in [5.41, 5.74) is 7.13. The van der Waals surface area contributed by atoms with Gasteiger partial charge in [-0.3, -0.25) is 0 Å². The SMILES string of the molecule is CC(C)Cc1nc(Cc2ccc(F)cc2F)nc(N)c1I. The lowest BCUT2D eigenvalue weighted by atomic mass is 10.1. The minimum atomic E-state index is -0.597. The molecule has 0 amide bonds. The normalized spacial score (nSPS) is 11.1. The monoisotopic (exact) mass is 403 g/mol. The van der Waals surface area contributed by atoms with Crippen LogP contribution in [-0.2, 0) is 12.8 Å². The Bertz CT molecular complexity index is 660. The highest BCUT2D eigenvalue weighted by Crippen LogP contribution is 2.21. The number of halogens is 3. The summed E-state index contributed by atoms with van der Waals surface area (Å²) in [5, 5.41) is 0. The second-order valence-electron chi connectivity index (χ2n) is 5.30. The molecule has 0 aliphatic rings. The number of anilines is 1. The van der Waals surface area contributed by atoms with Gasteiger partial charge < -0.3 is 5.73 Å². The fourth-order valence-electron chi connectivity index (χ4n) is 2.00. The highest BCUT2D eigenvalue weighted by molar-refractivity contribution is 14.1. The molecule has 0 radical (unpaired) electrons. The van der Waals surface area contributed by atoms with E-state index in [-0.39, 0.29) is 6.42 Å². The topological polar surface area (TPSA) is 51.8 Å². The molecule has 1 aromatic heterocycles. The zero-order chi connectivity index (χ0) is 15.6. The molecular weight excluding hydrogens is 387 g/mol. The second-order valence-corrected chi connectivity index (χ2v) is 6.37. The molecule has 0 spiro atoms. The molecule has 112 valence electrons. The van der Waals surface area contributed by atoms with Crippen LogP contribution in [0, 0.1) is 21.1 Å². The Labute approximate surface area is 136 Å². The summed E-state index contributed by atoms with van der Waals surface area (Å²) >= 11 is 2.12. The predicted octanol–water partition coefficient (Wildman–Crippen LogP) is 3.73. The lowest BCUT2D eigenvalue weighted by Gasteiger charge is -2.11. The lowest BCUT2D eigenvalue weighted by molar-refractivity contribution is 0.573. The van der Waals surface area contributed by atoms with Crippen molar-refractivity contribution in [2.75, 3.05) is 5.73 Å². The fourth-order valence-corrected chi connectivity index (χ4v) is 2.46. The Morgan fingerprint density at radius 2 is 1.95 bits per heavy atom. The highest BCUT2D eigenvalue weighted by atomic mass is 127. The van der Waals surface area contributed by atoms with E-state index in [0.717, 1.165) is 21.8 Å². The fraction of sp³-hybridized carbons (Fsp3) is 0.333. The van der Waals surface area contributed by atoms with Gasteiger partial charge in [-0.25, -0.2) is 18.7 Å². The zero-order valence-corrected chi connectivity index (χ0v) is 14.0. The van der Waals surface area contributed by atoms with Crippen molar-refractivity contribution < 1.29 is 8.78 Å². The number of nitrogens with two attached hydrogens (primary N) is 1. The first-order chi connectivity index (χ1) is 9.86. The van der Waals surface area contributed by atoms with Crippen LogP contribution in [0.1, 0.15) is 30.9 Å². The maximum Gasteiger partial charge on any atom is 0.140 e. The molecule has 0 bridgehead atoms. The molecule has 0 aliphatic carbocycles. The van der Waals surface area contributed by atoms with Gasteiger partial charge in [0.1, 0.15) is 23.3 Å². The Kier molecular flexibility index (Phi) is 5.08. The number of nitrogen functional groups attached to an aromatic ring is 1. The van der Waals surface area contributed by atoms with Gasteiger partial charge in [-0.15, -0.1) is 0 Å². The molecule has 2 rings (SSSR count). The van der Waals surface area contributed by atoms with Crippen LogP contribution in [0.3, 0.4) is 0 Å². The number of hydrogen-bond acceptors (Lipinski definition) is 3. The van der Waals surface area contributed by atoms with Gasteiger partial charge >= 0.3 is 0 Å². The van der Waals surface area contributed by atoms with Gasteiger partial charge in [-0.2, -0.15) is 0 Å². The largest absolute Gasteiger partial charge is 0.383 e. The molecule has 0 atom stereocenters. The van der Waals surface area contributed by atoms with Crippen LogP contribution in [0.5, 0.6) is 0 Å². The molecule has 0 aliphatic heterocycles. The molecule has 2 aromatic rings. The van der Waals surface area contributed by atoms with Crippen LogP contribution in [0.4, 0.5) is 14.6 Å². The molecule has 1 heterocycles. The highest BCUT2D eigenvalue weighted by Gasteiger charge is 2.13. The molecule has 1 aromatic carbocycles. The van der Waals surface area contributed by atoms with E-state index in [4.69, 9.17) is 5.73 Å². The molecule has 21 heavy (non-hydrogen) atoms. The Hall–Kier alpha value is -1.31. The van der Waals surface area contributed by atoms with E-state index in [0.29, 0.717) is 23.1 Å². The van der Waals surface area contributed by atoms with Crippen molar-refractivity contribution in [3.8, 4) is 0 Å². The van der Waals surface area contributed by atoms with Crippen LogP contribution < -0.4 is 5.73 Å². The molecule has 3 nitrogen and oxygen atoms in total. The van der Waals surface area contributed by atoms with E-state index in [1.165, 1.54) is 12.1 Å². The molecule has 6 heteroatoms. The molecule has 2 N–H and O–H groups in total. The first kappa shape index (κ1) is 16.1.